The molecule has 1 atom stereocenters. The molecule has 0 aliphatic carbocycles. The molecule has 0 saturated heterocycles. The lowest BCUT2D eigenvalue weighted by Crippen LogP contribution is -2.33. The van der Waals surface area contributed by atoms with Gasteiger partial charge in [0.15, 0.2) is 17.8 Å². The highest BCUT2D eigenvalue weighted by atomic mass is 19.1. The maximum Gasteiger partial charge on any atom is 0.262 e. The second-order valence-electron chi connectivity index (χ2n) is 6.60. The van der Waals surface area contributed by atoms with E-state index in [1.165, 1.54) is 11.8 Å². The predicted octanol–water partition coefficient (Wildman–Crippen LogP) is 1.44. The summed E-state index contributed by atoms with van der Waals surface area (Å²) in [6, 6.07) is 5.33. The number of carbonyl (C=O) groups is 2. The average Bonchev–Trinajstić information content (AvgIpc) is 3.23. The van der Waals surface area contributed by atoms with E-state index in [1.807, 2.05) is 0 Å². The van der Waals surface area contributed by atoms with E-state index in [0.29, 0.717) is 30.9 Å². The van der Waals surface area contributed by atoms with Crippen LogP contribution in [0.5, 0.6) is 0 Å². The Labute approximate surface area is 167 Å². The molecule has 0 bridgehead atoms. The van der Waals surface area contributed by atoms with Crippen molar-refractivity contribution in [3.63, 3.8) is 0 Å². The van der Waals surface area contributed by atoms with Gasteiger partial charge in [-0.05, 0) is 31.6 Å². The molecule has 9 heteroatoms. The Hall–Kier alpha value is -3.33. The fourth-order valence-corrected chi connectivity index (χ4v) is 3.13. The first-order valence-electron chi connectivity index (χ1n) is 9.24. The number of rotatable bonds is 9. The molecule has 8 nitrogen and oxygen atoms in total. The minimum atomic E-state index is -1.27. The molecular formula is C20H23FN6O2. The molecule has 0 radical (unpaired) electrons. The molecule has 2 aromatic rings. The quantitative estimate of drug-likeness (QED) is 0.287. The molecule has 3 rings (SSSR count). The number of carbonyl (C=O) groups excluding carboxylic acids is 2. The van der Waals surface area contributed by atoms with Crippen LogP contribution in [0.4, 0.5) is 4.39 Å². The van der Waals surface area contributed by atoms with E-state index < -0.39 is 18.1 Å². The molecule has 0 saturated carbocycles. The third-order valence-electron chi connectivity index (χ3n) is 4.51. The van der Waals surface area contributed by atoms with Gasteiger partial charge in [0.05, 0.1) is 11.1 Å². The van der Waals surface area contributed by atoms with Gasteiger partial charge in [-0.25, -0.2) is 4.39 Å². The topological polar surface area (TPSA) is 91.6 Å². The molecule has 0 fully saturated rings. The molecule has 0 spiro atoms. The number of hydrogen-bond donors (Lipinski definition) is 2. The molecule has 1 unspecified atom stereocenters. The number of hydrogen-bond acceptors (Lipinski definition) is 6. The number of imide groups is 1. The van der Waals surface area contributed by atoms with Crippen LogP contribution in [0, 0.1) is 0 Å². The summed E-state index contributed by atoms with van der Waals surface area (Å²) < 4.78 is 15.7. The summed E-state index contributed by atoms with van der Waals surface area (Å²) in [6.07, 6.45) is 3.72. The first-order chi connectivity index (χ1) is 13.9. The molecule has 2 aromatic heterocycles. The largest absolute Gasteiger partial charge is 0.347 e. The van der Waals surface area contributed by atoms with Crippen LogP contribution in [0.2, 0.25) is 0 Å². The summed E-state index contributed by atoms with van der Waals surface area (Å²) in [5.41, 5.74) is 1.30. The summed E-state index contributed by atoms with van der Waals surface area (Å²) in [6.45, 7) is 8.25. The summed E-state index contributed by atoms with van der Waals surface area (Å²) in [5.74, 6) is -0.828. The molecule has 29 heavy (non-hydrogen) atoms. The molecular weight excluding hydrogens is 375 g/mol. The number of fused-ring (bicyclic) bond motifs is 1. The fraction of sp³-hybridized carbons (Fsp3) is 0.300. The highest BCUT2D eigenvalue weighted by Gasteiger charge is 2.35. The molecule has 3 heterocycles. The second-order valence-corrected chi connectivity index (χ2v) is 6.60. The van der Waals surface area contributed by atoms with Gasteiger partial charge in [0.2, 0.25) is 0 Å². The van der Waals surface area contributed by atoms with Crippen molar-refractivity contribution in [1.29, 1.82) is 0 Å². The van der Waals surface area contributed by atoms with Crippen molar-refractivity contribution in [2.75, 3.05) is 19.6 Å². The van der Waals surface area contributed by atoms with Crippen molar-refractivity contribution in [3.8, 4) is 0 Å². The molecule has 2 N–H and O–H groups in total. The van der Waals surface area contributed by atoms with Crippen LogP contribution in [-0.2, 0) is 9.59 Å². The van der Waals surface area contributed by atoms with E-state index in [-0.39, 0.29) is 17.0 Å². The highest BCUT2D eigenvalue weighted by molar-refractivity contribution is 6.36. The van der Waals surface area contributed by atoms with Crippen molar-refractivity contribution in [2.45, 2.75) is 20.1 Å². The number of alkyl halides is 1. The van der Waals surface area contributed by atoms with Crippen molar-refractivity contribution in [3.05, 3.63) is 60.2 Å². The summed E-state index contributed by atoms with van der Waals surface area (Å²) >= 11 is 0. The zero-order valence-electron chi connectivity index (χ0n) is 16.4. The Morgan fingerprint density at radius 3 is 2.90 bits per heavy atom. The Kier molecular flexibility index (Phi) is 6.18. The van der Waals surface area contributed by atoms with Crippen molar-refractivity contribution in [2.24, 2.45) is 0 Å². The number of aromatic nitrogens is 3. The lowest BCUT2D eigenvalue weighted by atomic mass is 10.0. The summed E-state index contributed by atoms with van der Waals surface area (Å²) in [7, 11) is 0. The lowest BCUT2D eigenvalue weighted by Gasteiger charge is -2.23. The Balaban J connectivity index is 1.99. The number of pyridine rings is 1. The van der Waals surface area contributed by atoms with Gasteiger partial charge in [0, 0.05) is 32.0 Å². The standard InChI is InChI=1S/C20H23FN6O2/c1-4-8-22-9-11-26(14(3)21)12-13(2)16-17(20(29)23-19(16)28)18-25-24-15-7-5-6-10-27(15)18/h4-7,10,12,14,22H,1,8-9,11H2,2-3H3,(H,23,28,29)/b13-12+. The van der Waals surface area contributed by atoms with Gasteiger partial charge >= 0.3 is 0 Å². The Morgan fingerprint density at radius 2 is 2.17 bits per heavy atom. The van der Waals surface area contributed by atoms with Crippen LogP contribution in [0.15, 0.2) is 54.4 Å². The van der Waals surface area contributed by atoms with E-state index in [1.54, 1.807) is 48.0 Å². The van der Waals surface area contributed by atoms with E-state index in [4.69, 9.17) is 0 Å². The molecule has 152 valence electrons. The Morgan fingerprint density at radius 1 is 1.38 bits per heavy atom. The number of amides is 2. The maximum absolute atomic E-state index is 14.1. The maximum atomic E-state index is 14.1. The third-order valence-corrected chi connectivity index (χ3v) is 4.51. The van der Waals surface area contributed by atoms with Gasteiger partial charge in [0.25, 0.3) is 11.8 Å². The van der Waals surface area contributed by atoms with Crippen LogP contribution in [0.3, 0.4) is 0 Å². The SMILES string of the molecule is C=CCNCCN(/C=C(\C)C1=C(c2nnc3ccccn23)C(=O)NC1=O)C(C)F. The van der Waals surface area contributed by atoms with Crippen LogP contribution in [-0.4, -0.2) is 57.2 Å². The second kappa shape index (κ2) is 8.78. The fourth-order valence-electron chi connectivity index (χ4n) is 3.13. The number of halogens is 1. The zero-order chi connectivity index (χ0) is 21.0. The van der Waals surface area contributed by atoms with Crippen molar-refractivity contribution >= 4 is 23.0 Å². The molecule has 0 aromatic carbocycles. The van der Waals surface area contributed by atoms with Crippen LogP contribution in [0.1, 0.15) is 19.7 Å². The first-order valence-corrected chi connectivity index (χ1v) is 9.24. The van der Waals surface area contributed by atoms with Gasteiger partial charge in [-0.15, -0.1) is 16.8 Å². The van der Waals surface area contributed by atoms with Crippen molar-refractivity contribution < 1.29 is 14.0 Å². The molecule has 1 aliphatic rings. The van der Waals surface area contributed by atoms with E-state index in [9.17, 15) is 14.0 Å². The van der Waals surface area contributed by atoms with Gasteiger partial charge in [-0.2, -0.15) is 0 Å². The summed E-state index contributed by atoms with van der Waals surface area (Å²) in [5, 5.41) is 13.5. The van der Waals surface area contributed by atoms with Crippen LogP contribution < -0.4 is 10.6 Å². The third kappa shape index (κ3) is 4.24. The minimum Gasteiger partial charge on any atom is -0.347 e. The van der Waals surface area contributed by atoms with Gasteiger partial charge in [-0.3, -0.25) is 19.3 Å². The lowest BCUT2D eigenvalue weighted by molar-refractivity contribution is -0.123. The van der Waals surface area contributed by atoms with Crippen LogP contribution in [0.25, 0.3) is 11.2 Å². The summed E-state index contributed by atoms with van der Waals surface area (Å²) in [4.78, 5) is 26.5. The van der Waals surface area contributed by atoms with Gasteiger partial charge in [-0.1, -0.05) is 12.1 Å². The van der Waals surface area contributed by atoms with Gasteiger partial charge in [0.1, 0.15) is 0 Å². The predicted molar refractivity (Wildman–Crippen MR) is 107 cm³/mol. The smallest absolute Gasteiger partial charge is 0.262 e. The monoisotopic (exact) mass is 398 g/mol. The van der Waals surface area contributed by atoms with Gasteiger partial charge < -0.3 is 10.2 Å². The average molecular weight is 398 g/mol. The van der Waals surface area contributed by atoms with E-state index in [0.717, 1.165) is 0 Å². The number of nitrogens with one attached hydrogen (secondary N) is 2. The van der Waals surface area contributed by atoms with Crippen molar-refractivity contribution in [1.82, 2.24) is 30.1 Å². The minimum absolute atomic E-state index is 0.124. The van der Waals surface area contributed by atoms with Crippen LogP contribution >= 0.6 is 0 Å². The molecule has 1 aliphatic heterocycles. The van der Waals surface area contributed by atoms with E-state index in [2.05, 4.69) is 27.4 Å². The first kappa shape index (κ1) is 20.4. The van der Waals surface area contributed by atoms with E-state index >= 15 is 0 Å². The molecule has 2 amide bonds. The normalized spacial score (nSPS) is 15.8. The highest BCUT2D eigenvalue weighted by Crippen LogP contribution is 2.28. The Bertz CT molecular complexity index is 1010. The zero-order valence-corrected chi connectivity index (χ0v) is 16.4. The number of nitrogens with zero attached hydrogens (tertiary/aromatic N) is 4.